The van der Waals surface area contributed by atoms with Gasteiger partial charge in [0, 0.05) is 19.3 Å². The third kappa shape index (κ3) is 1.55. The average molecular weight is 253 g/mol. The minimum atomic E-state index is -3.41. The number of nitrogens with one attached hydrogen (secondary N) is 1. The minimum Gasteiger partial charge on any atom is -0.349 e. The zero-order valence-corrected chi connectivity index (χ0v) is 10.5. The molecule has 5 nitrogen and oxygen atoms in total. The van der Waals surface area contributed by atoms with Crippen molar-refractivity contribution in [3.8, 4) is 0 Å². The van der Waals surface area contributed by atoms with Gasteiger partial charge in [-0.1, -0.05) is 0 Å². The molecule has 0 aromatic carbocycles. The van der Waals surface area contributed by atoms with E-state index in [1.807, 2.05) is 0 Å². The molecule has 1 saturated heterocycles. The molecule has 1 aromatic rings. The summed E-state index contributed by atoms with van der Waals surface area (Å²) in [4.78, 5) is 6.69. The first-order chi connectivity index (χ1) is 8.03. The van der Waals surface area contributed by atoms with Crippen molar-refractivity contribution < 1.29 is 8.42 Å². The van der Waals surface area contributed by atoms with Crippen LogP contribution in [0.5, 0.6) is 0 Å². The maximum Gasteiger partial charge on any atom is 0.244 e. The molecule has 1 N–H and O–H groups in total. The van der Waals surface area contributed by atoms with Crippen molar-refractivity contribution in [1.82, 2.24) is 9.71 Å². The van der Waals surface area contributed by atoms with Crippen LogP contribution in [0.15, 0.2) is 23.2 Å². The molecule has 2 aliphatic heterocycles. The lowest BCUT2D eigenvalue weighted by molar-refractivity contribution is 0.460. The Bertz CT molecular complexity index is 558. The van der Waals surface area contributed by atoms with Crippen molar-refractivity contribution in [2.75, 3.05) is 18.0 Å². The maximum absolute atomic E-state index is 12.1. The molecular formula is C11H15N3O2S. The lowest BCUT2D eigenvalue weighted by atomic mass is 9.99. The molecule has 0 radical (unpaired) electrons. The Morgan fingerprint density at radius 3 is 3.18 bits per heavy atom. The molecule has 3 rings (SSSR count). The molecule has 92 valence electrons. The van der Waals surface area contributed by atoms with Gasteiger partial charge in [-0.05, 0) is 31.9 Å². The fraction of sp³-hybridized carbons (Fsp3) is 0.545. The van der Waals surface area contributed by atoms with Gasteiger partial charge in [-0.15, -0.1) is 0 Å². The summed E-state index contributed by atoms with van der Waals surface area (Å²) in [5.74, 6) is 0.595. The monoisotopic (exact) mass is 253 g/mol. The molecule has 3 heterocycles. The smallest absolute Gasteiger partial charge is 0.244 e. The highest BCUT2D eigenvalue weighted by molar-refractivity contribution is 7.89. The molecule has 1 fully saturated rings. The van der Waals surface area contributed by atoms with Crippen molar-refractivity contribution in [2.45, 2.75) is 30.2 Å². The molecule has 0 aliphatic carbocycles. The number of anilines is 1. The van der Waals surface area contributed by atoms with Crippen LogP contribution in [0.3, 0.4) is 0 Å². The summed E-state index contributed by atoms with van der Waals surface area (Å²) in [5.41, 5.74) is -0.146. The van der Waals surface area contributed by atoms with Crippen molar-refractivity contribution >= 4 is 15.8 Å². The maximum atomic E-state index is 12.1. The summed E-state index contributed by atoms with van der Waals surface area (Å²) >= 11 is 0. The molecule has 0 unspecified atom stereocenters. The number of sulfonamides is 1. The number of aromatic nitrogens is 1. The number of nitrogens with zero attached hydrogens (tertiary/aromatic N) is 2. The fourth-order valence-corrected chi connectivity index (χ4v) is 4.01. The van der Waals surface area contributed by atoms with Crippen LogP contribution in [0.25, 0.3) is 0 Å². The van der Waals surface area contributed by atoms with Crippen LogP contribution >= 0.6 is 0 Å². The Hall–Kier alpha value is -1.14. The molecule has 0 saturated carbocycles. The van der Waals surface area contributed by atoms with E-state index in [2.05, 4.69) is 21.5 Å². The molecule has 1 atom stereocenters. The fourth-order valence-electron chi connectivity index (χ4n) is 2.69. The van der Waals surface area contributed by atoms with E-state index in [1.165, 1.54) is 0 Å². The van der Waals surface area contributed by atoms with E-state index in [9.17, 15) is 8.42 Å². The molecule has 1 aromatic heterocycles. The average Bonchev–Trinajstić information content (AvgIpc) is 2.66. The molecule has 0 amide bonds. The first-order valence-corrected chi connectivity index (χ1v) is 7.24. The van der Waals surface area contributed by atoms with Gasteiger partial charge in [0.1, 0.15) is 10.7 Å². The zero-order valence-electron chi connectivity index (χ0n) is 9.68. The van der Waals surface area contributed by atoms with E-state index >= 15 is 0 Å². The van der Waals surface area contributed by atoms with Crippen LogP contribution < -0.4 is 9.62 Å². The standard InChI is InChI=1S/C11H15N3O2S/c1-11-5-3-7-14(11)10-9(4-2-6-12-10)17(15,16)13-8-11/h2,4,6,13H,3,5,7-8H2,1H3/t11-/m0/s1. The number of hydrogen-bond donors (Lipinski definition) is 1. The first-order valence-electron chi connectivity index (χ1n) is 5.75. The van der Waals surface area contributed by atoms with Crippen LogP contribution in [-0.4, -0.2) is 32.0 Å². The summed E-state index contributed by atoms with van der Waals surface area (Å²) < 4.78 is 26.9. The Kier molecular flexibility index (Phi) is 2.21. The quantitative estimate of drug-likeness (QED) is 0.740. The van der Waals surface area contributed by atoms with Crippen molar-refractivity contribution in [1.29, 1.82) is 0 Å². The Balaban J connectivity index is 2.24. The van der Waals surface area contributed by atoms with Crippen LogP contribution in [0.4, 0.5) is 5.82 Å². The van der Waals surface area contributed by atoms with Crippen molar-refractivity contribution in [3.63, 3.8) is 0 Å². The second-order valence-corrected chi connectivity index (χ2v) is 6.64. The summed E-state index contributed by atoms with van der Waals surface area (Å²) in [7, 11) is -3.41. The van der Waals surface area contributed by atoms with E-state index in [0.717, 1.165) is 19.4 Å². The van der Waals surface area contributed by atoms with Gasteiger partial charge < -0.3 is 4.90 Å². The third-order valence-corrected chi connectivity index (χ3v) is 5.11. The SMILES string of the molecule is C[C@@]12CCCN1c1ncccc1S(=O)(=O)NC2. The highest BCUT2D eigenvalue weighted by Gasteiger charge is 2.43. The van der Waals surface area contributed by atoms with Gasteiger partial charge >= 0.3 is 0 Å². The van der Waals surface area contributed by atoms with Crippen LogP contribution in [0, 0.1) is 0 Å². The predicted molar refractivity (Wildman–Crippen MR) is 64.4 cm³/mol. The van der Waals surface area contributed by atoms with E-state index < -0.39 is 10.0 Å². The Morgan fingerprint density at radius 2 is 2.35 bits per heavy atom. The summed E-state index contributed by atoms with van der Waals surface area (Å²) in [6.07, 6.45) is 3.72. The number of pyridine rings is 1. The molecule has 17 heavy (non-hydrogen) atoms. The van der Waals surface area contributed by atoms with Crippen LogP contribution in [0.2, 0.25) is 0 Å². The minimum absolute atomic E-state index is 0.146. The van der Waals surface area contributed by atoms with Gasteiger partial charge in [0.2, 0.25) is 10.0 Å². The first kappa shape index (κ1) is 11.0. The van der Waals surface area contributed by atoms with Gasteiger partial charge in [-0.3, -0.25) is 0 Å². The largest absolute Gasteiger partial charge is 0.349 e. The second-order valence-electron chi connectivity index (χ2n) is 4.90. The molecule has 6 heteroatoms. The molecule has 0 spiro atoms. The van der Waals surface area contributed by atoms with Crippen LogP contribution in [-0.2, 0) is 10.0 Å². The topological polar surface area (TPSA) is 62.3 Å². The Labute approximate surface area is 101 Å². The lowest BCUT2D eigenvalue weighted by Gasteiger charge is -2.34. The lowest BCUT2D eigenvalue weighted by Crippen LogP contribution is -2.47. The van der Waals surface area contributed by atoms with E-state index in [0.29, 0.717) is 17.3 Å². The van der Waals surface area contributed by atoms with E-state index in [-0.39, 0.29) is 5.54 Å². The normalized spacial score (nSPS) is 30.5. The van der Waals surface area contributed by atoms with Crippen LogP contribution in [0.1, 0.15) is 19.8 Å². The second kappa shape index (κ2) is 3.43. The summed E-state index contributed by atoms with van der Waals surface area (Å²) in [6.45, 7) is 3.41. The van der Waals surface area contributed by atoms with Gasteiger partial charge in [0.15, 0.2) is 0 Å². The van der Waals surface area contributed by atoms with Gasteiger partial charge in [-0.2, -0.15) is 0 Å². The van der Waals surface area contributed by atoms with Crippen molar-refractivity contribution in [3.05, 3.63) is 18.3 Å². The molecule has 2 aliphatic rings. The summed E-state index contributed by atoms with van der Waals surface area (Å²) in [6, 6.07) is 3.28. The highest BCUT2D eigenvalue weighted by atomic mass is 32.2. The van der Waals surface area contributed by atoms with E-state index in [4.69, 9.17) is 0 Å². The number of hydrogen-bond acceptors (Lipinski definition) is 4. The van der Waals surface area contributed by atoms with Gasteiger partial charge in [-0.25, -0.2) is 18.1 Å². The van der Waals surface area contributed by atoms with E-state index in [1.54, 1.807) is 18.3 Å². The Morgan fingerprint density at radius 1 is 1.53 bits per heavy atom. The number of fused-ring (bicyclic) bond motifs is 3. The van der Waals surface area contributed by atoms with Crippen molar-refractivity contribution in [2.24, 2.45) is 0 Å². The summed E-state index contributed by atoms with van der Waals surface area (Å²) in [5, 5.41) is 0. The third-order valence-electron chi connectivity index (χ3n) is 3.69. The zero-order chi connectivity index (χ0) is 12.1. The highest BCUT2D eigenvalue weighted by Crippen LogP contribution is 2.37. The van der Waals surface area contributed by atoms with Gasteiger partial charge in [0.25, 0.3) is 0 Å². The van der Waals surface area contributed by atoms with Gasteiger partial charge in [0.05, 0.1) is 5.54 Å². The molecular weight excluding hydrogens is 238 g/mol. The molecule has 0 bridgehead atoms. The predicted octanol–water partition coefficient (Wildman–Crippen LogP) is 0.732. The number of rotatable bonds is 0.